The highest BCUT2D eigenvalue weighted by Gasteiger charge is 2.28. The zero-order valence-electron chi connectivity index (χ0n) is 19.1. The molecule has 1 aliphatic carbocycles. The summed E-state index contributed by atoms with van der Waals surface area (Å²) < 4.78 is 12.8. The van der Waals surface area contributed by atoms with Crippen LogP contribution < -0.4 is 10.1 Å². The normalized spacial score (nSPS) is 18.5. The Bertz CT molecular complexity index is 1030. The summed E-state index contributed by atoms with van der Waals surface area (Å²) >= 11 is 0. The summed E-state index contributed by atoms with van der Waals surface area (Å²) in [6.07, 6.45) is 6.71. The van der Waals surface area contributed by atoms with E-state index in [-0.39, 0.29) is 5.91 Å². The number of rotatable bonds is 8. The van der Waals surface area contributed by atoms with E-state index in [1.807, 2.05) is 62.1 Å². The summed E-state index contributed by atoms with van der Waals surface area (Å²) in [6.45, 7) is 5.27. The lowest BCUT2D eigenvalue weighted by molar-refractivity contribution is -0.120. The molecule has 2 aromatic heterocycles. The molecule has 2 heterocycles. The van der Waals surface area contributed by atoms with Crippen LogP contribution >= 0.6 is 0 Å². The Labute approximate surface area is 189 Å². The highest BCUT2D eigenvalue weighted by Crippen LogP contribution is 2.39. The van der Waals surface area contributed by atoms with E-state index in [4.69, 9.17) is 14.4 Å². The van der Waals surface area contributed by atoms with Gasteiger partial charge in [-0.25, -0.2) is 0 Å². The second-order valence-corrected chi connectivity index (χ2v) is 8.71. The van der Waals surface area contributed by atoms with Crippen molar-refractivity contribution in [2.45, 2.75) is 51.9 Å². The average Bonchev–Trinajstić information content (AvgIpc) is 3.39. The molecule has 1 amide bonds. The van der Waals surface area contributed by atoms with Gasteiger partial charge in [-0.15, -0.1) is 0 Å². The standard InChI is InChI=1S/C25H32N4O3/c1-4-31-21-11-7-18(8-12-21)14-24(30)26-15-19-5-9-20(10-6-19)25-22(16-29(3)27-25)23-13-17(2)28-32-23/h7-8,11-13,16,19-20H,4-6,9-10,14-15H2,1-3H3,(H,26,30). The van der Waals surface area contributed by atoms with Crippen LogP contribution in [0.3, 0.4) is 0 Å². The molecule has 1 N–H and O–H groups in total. The largest absolute Gasteiger partial charge is 0.494 e. The fourth-order valence-corrected chi connectivity index (χ4v) is 4.50. The molecular weight excluding hydrogens is 404 g/mol. The third-order valence-electron chi connectivity index (χ3n) is 6.17. The second kappa shape index (κ2) is 10.0. The summed E-state index contributed by atoms with van der Waals surface area (Å²) in [5, 5.41) is 11.9. The highest BCUT2D eigenvalue weighted by atomic mass is 16.5. The van der Waals surface area contributed by atoms with Gasteiger partial charge in [0, 0.05) is 31.8 Å². The first-order valence-corrected chi connectivity index (χ1v) is 11.5. The summed E-state index contributed by atoms with van der Waals surface area (Å²) in [4.78, 5) is 12.4. The van der Waals surface area contributed by atoms with Gasteiger partial charge >= 0.3 is 0 Å². The van der Waals surface area contributed by atoms with E-state index in [2.05, 4.69) is 10.5 Å². The Balaban J connectivity index is 1.26. The van der Waals surface area contributed by atoms with E-state index < -0.39 is 0 Å². The van der Waals surface area contributed by atoms with Crippen molar-refractivity contribution in [1.82, 2.24) is 20.3 Å². The maximum Gasteiger partial charge on any atom is 0.224 e. The first-order chi connectivity index (χ1) is 15.5. The minimum atomic E-state index is 0.0731. The summed E-state index contributed by atoms with van der Waals surface area (Å²) in [7, 11) is 1.95. The predicted molar refractivity (Wildman–Crippen MR) is 122 cm³/mol. The molecule has 0 unspecified atom stereocenters. The molecule has 170 valence electrons. The molecule has 0 radical (unpaired) electrons. The van der Waals surface area contributed by atoms with E-state index in [1.54, 1.807) is 0 Å². The quantitative estimate of drug-likeness (QED) is 0.565. The number of ether oxygens (including phenoxy) is 1. The molecule has 4 rings (SSSR count). The first kappa shape index (κ1) is 22.1. The SMILES string of the molecule is CCOc1ccc(CC(=O)NCC2CCC(c3nn(C)cc3-c3cc(C)no3)CC2)cc1. The minimum absolute atomic E-state index is 0.0731. The van der Waals surface area contributed by atoms with E-state index >= 15 is 0 Å². The van der Waals surface area contributed by atoms with E-state index in [0.717, 1.165) is 66.3 Å². The number of aryl methyl sites for hydroxylation is 2. The van der Waals surface area contributed by atoms with Gasteiger partial charge in [0.2, 0.25) is 5.91 Å². The number of carbonyl (C=O) groups excluding carboxylic acids is 1. The van der Waals surface area contributed by atoms with Gasteiger partial charge in [0.05, 0.1) is 30.0 Å². The first-order valence-electron chi connectivity index (χ1n) is 11.5. The Morgan fingerprint density at radius 3 is 2.62 bits per heavy atom. The van der Waals surface area contributed by atoms with E-state index in [0.29, 0.717) is 24.9 Å². The van der Waals surface area contributed by atoms with Gasteiger partial charge in [-0.05, 0) is 63.1 Å². The van der Waals surface area contributed by atoms with Gasteiger partial charge in [-0.3, -0.25) is 9.48 Å². The zero-order valence-corrected chi connectivity index (χ0v) is 19.1. The number of nitrogens with zero attached hydrogens (tertiary/aromatic N) is 3. The molecule has 1 aliphatic rings. The highest BCUT2D eigenvalue weighted by molar-refractivity contribution is 5.78. The van der Waals surface area contributed by atoms with Crippen LogP contribution in [0.25, 0.3) is 11.3 Å². The molecule has 3 aromatic rings. The molecule has 1 fully saturated rings. The van der Waals surface area contributed by atoms with Crippen molar-refractivity contribution in [3.05, 3.63) is 53.5 Å². The molecule has 1 aromatic carbocycles. The van der Waals surface area contributed by atoms with Gasteiger partial charge in [0.15, 0.2) is 5.76 Å². The molecule has 0 spiro atoms. The Morgan fingerprint density at radius 2 is 1.97 bits per heavy atom. The van der Waals surface area contributed by atoms with Crippen LogP contribution in [0, 0.1) is 12.8 Å². The summed E-state index contributed by atoms with van der Waals surface area (Å²) in [6, 6.07) is 9.71. The molecule has 0 saturated heterocycles. The molecule has 7 heteroatoms. The van der Waals surface area contributed by atoms with Crippen molar-refractivity contribution in [1.29, 1.82) is 0 Å². The molecule has 1 saturated carbocycles. The predicted octanol–water partition coefficient (Wildman–Crippen LogP) is 4.41. The average molecular weight is 437 g/mol. The Morgan fingerprint density at radius 1 is 1.22 bits per heavy atom. The van der Waals surface area contributed by atoms with Gasteiger partial charge < -0.3 is 14.6 Å². The number of benzene rings is 1. The monoisotopic (exact) mass is 436 g/mol. The smallest absolute Gasteiger partial charge is 0.224 e. The number of carbonyl (C=O) groups is 1. The number of amides is 1. The summed E-state index contributed by atoms with van der Waals surface area (Å²) in [5.74, 6) is 2.61. The van der Waals surface area contributed by atoms with E-state index in [9.17, 15) is 4.79 Å². The molecular formula is C25H32N4O3. The third-order valence-corrected chi connectivity index (χ3v) is 6.17. The van der Waals surface area contributed by atoms with Crippen LogP contribution in [0.5, 0.6) is 5.75 Å². The van der Waals surface area contributed by atoms with Crippen molar-refractivity contribution >= 4 is 5.91 Å². The third kappa shape index (κ3) is 5.39. The lowest BCUT2D eigenvalue weighted by Crippen LogP contribution is -2.32. The van der Waals surface area contributed by atoms with Crippen LogP contribution in [0.1, 0.15) is 55.5 Å². The number of hydrogen-bond donors (Lipinski definition) is 1. The van der Waals surface area contributed by atoms with Crippen LogP contribution in [0.4, 0.5) is 0 Å². The molecule has 0 aliphatic heterocycles. The topological polar surface area (TPSA) is 82.2 Å². The van der Waals surface area contributed by atoms with Crippen molar-refractivity contribution in [3.63, 3.8) is 0 Å². The zero-order chi connectivity index (χ0) is 22.5. The lowest BCUT2D eigenvalue weighted by Gasteiger charge is -2.28. The lowest BCUT2D eigenvalue weighted by atomic mass is 9.79. The van der Waals surface area contributed by atoms with Crippen LogP contribution in [-0.4, -0.2) is 34.0 Å². The maximum atomic E-state index is 12.4. The van der Waals surface area contributed by atoms with Crippen LogP contribution in [0.15, 0.2) is 41.1 Å². The van der Waals surface area contributed by atoms with Crippen LogP contribution in [-0.2, 0) is 18.3 Å². The molecule has 0 atom stereocenters. The number of aromatic nitrogens is 3. The Kier molecular flexibility index (Phi) is 6.93. The molecule has 0 bridgehead atoms. The minimum Gasteiger partial charge on any atom is -0.494 e. The maximum absolute atomic E-state index is 12.4. The fourth-order valence-electron chi connectivity index (χ4n) is 4.50. The van der Waals surface area contributed by atoms with Gasteiger partial charge in [-0.2, -0.15) is 5.10 Å². The van der Waals surface area contributed by atoms with E-state index in [1.165, 1.54) is 0 Å². The number of hydrogen-bond acceptors (Lipinski definition) is 5. The van der Waals surface area contributed by atoms with Gasteiger partial charge in [0.25, 0.3) is 0 Å². The summed E-state index contributed by atoms with van der Waals surface area (Å²) in [5.41, 5.74) is 4.02. The number of nitrogens with one attached hydrogen (secondary N) is 1. The van der Waals surface area contributed by atoms with Crippen molar-refractivity contribution in [3.8, 4) is 17.1 Å². The molecule has 32 heavy (non-hydrogen) atoms. The second-order valence-electron chi connectivity index (χ2n) is 8.71. The van der Waals surface area contributed by atoms with Crippen molar-refractivity contribution in [2.75, 3.05) is 13.2 Å². The van der Waals surface area contributed by atoms with Crippen molar-refractivity contribution in [2.24, 2.45) is 13.0 Å². The van der Waals surface area contributed by atoms with Crippen molar-refractivity contribution < 1.29 is 14.1 Å². The van der Waals surface area contributed by atoms with Gasteiger partial charge in [-0.1, -0.05) is 17.3 Å². The van der Waals surface area contributed by atoms with Crippen LogP contribution in [0.2, 0.25) is 0 Å². The Hall–Kier alpha value is -3.09. The van der Waals surface area contributed by atoms with Gasteiger partial charge in [0.1, 0.15) is 5.75 Å². The fraction of sp³-hybridized carbons (Fsp3) is 0.480. The molecule has 7 nitrogen and oxygen atoms in total.